The molecule has 4 rings (SSSR count). The second-order valence-electron chi connectivity index (χ2n) is 6.82. The van der Waals surface area contributed by atoms with Crippen LogP contribution in [0.4, 0.5) is 5.69 Å². The number of aromatic nitrogens is 2. The van der Waals surface area contributed by atoms with Gasteiger partial charge in [-0.1, -0.05) is 35.9 Å². The Morgan fingerprint density at radius 2 is 1.97 bits per heavy atom. The highest BCUT2D eigenvalue weighted by atomic mass is 35.5. The van der Waals surface area contributed by atoms with Crippen LogP contribution >= 0.6 is 22.9 Å². The molecule has 0 aliphatic carbocycles. The van der Waals surface area contributed by atoms with Crippen molar-refractivity contribution >= 4 is 45.3 Å². The molecule has 0 atom stereocenters. The van der Waals surface area contributed by atoms with Crippen LogP contribution in [-0.2, 0) is 6.54 Å². The summed E-state index contributed by atoms with van der Waals surface area (Å²) in [7, 11) is 0. The van der Waals surface area contributed by atoms with Gasteiger partial charge >= 0.3 is 0 Å². The minimum atomic E-state index is -0.172. The molecule has 4 aromatic rings. The highest BCUT2D eigenvalue weighted by Gasteiger charge is 2.24. The second kappa shape index (κ2) is 7.81. The predicted molar refractivity (Wildman–Crippen MR) is 116 cm³/mol. The number of halogens is 1. The van der Waals surface area contributed by atoms with Crippen LogP contribution < -0.4 is 9.63 Å². The van der Waals surface area contributed by atoms with E-state index >= 15 is 0 Å². The predicted octanol–water partition coefficient (Wildman–Crippen LogP) is 5.05. The summed E-state index contributed by atoms with van der Waals surface area (Å²) in [6.45, 7) is 4.01. The van der Waals surface area contributed by atoms with Crippen molar-refractivity contribution < 1.29 is 9.52 Å². The lowest BCUT2D eigenvalue weighted by molar-refractivity contribution is -0.604. The summed E-state index contributed by atoms with van der Waals surface area (Å²) in [5, 5.41) is 14.6. The van der Waals surface area contributed by atoms with Crippen LogP contribution in [0.2, 0.25) is 5.02 Å². The molecule has 2 heterocycles. The molecule has 0 aliphatic heterocycles. The topological polar surface area (TPSA) is 60.1 Å². The molecule has 0 aliphatic rings. The minimum absolute atomic E-state index is 0.172. The molecule has 0 bridgehead atoms. The summed E-state index contributed by atoms with van der Waals surface area (Å²) in [6.07, 6.45) is 3.08. The van der Waals surface area contributed by atoms with Gasteiger partial charge in [-0.05, 0) is 43.0 Å². The number of rotatable bonds is 4. The van der Waals surface area contributed by atoms with E-state index in [9.17, 15) is 10.0 Å². The zero-order valence-electron chi connectivity index (χ0n) is 15.9. The van der Waals surface area contributed by atoms with Crippen molar-refractivity contribution in [3.63, 3.8) is 0 Å². The molecule has 0 N–H and O–H groups in total. The number of nitrogens with zero attached hydrogens (tertiary/aromatic N) is 3. The first kappa shape index (κ1) is 19.4. The molecule has 5 nitrogen and oxygen atoms in total. The van der Waals surface area contributed by atoms with Crippen molar-refractivity contribution in [2.24, 2.45) is 0 Å². The van der Waals surface area contributed by atoms with Crippen LogP contribution in [-0.4, -0.2) is 10.9 Å². The molecule has 0 saturated heterocycles. The Bertz CT molecular complexity index is 1220. The lowest BCUT2D eigenvalue weighted by atomic mass is 10.0. The van der Waals surface area contributed by atoms with Crippen molar-refractivity contribution in [3.05, 3.63) is 92.3 Å². The molecule has 0 unspecified atom stereocenters. The molecule has 0 radical (unpaired) electrons. The molecule has 0 fully saturated rings. The number of carbonyl (C=O) groups excluding carboxylic acids is 1. The number of hydrogen-bond acceptors (Lipinski definition) is 4. The number of thiazole rings is 1. The fourth-order valence-electron chi connectivity index (χ4n) is 3.37. The van der Waals surface area contributed by atoms with Gasteiger partial charge < -0.3 is 10.1 Å². The van der Waals surface area contributed by atoms with Gasteiger partial charge in [0.05, 0.1) is 23.1 Å². The quantitative estimate of drug-likeness (QED) is 0.341. The van der Waals surface area contributed by atoms with Crippen LogP contribution in [0.15, 0.2) is 60.4 Å². The van der Waals surface area contributed by atoms with Gasteiger partial charge in [-0.25, -0.2) is 4.98 Å². The first-order chi connectivity index (χ1) is 13.9. The Labute approximate surface area is 177 Å². The maximum Gasteiger partial charge on any atom is 0.270 e. The number of carbonyl (C=O) groups is 1. The van der Waals surface area contributed by atoms with E-state index in [4.69, 9.17) is 11.6 Å². The third-order valence-corrected chi connectivity index (χ3v) is 5.99. The van der Waals surface area contributed by atoms with Crippen molar-refractivity contribution in [1.82, 2.24) is 4.98 Å². The third-order valence-electron chi connectivity index (χ3n) is 4.84. The molecule has 29 heavy (non-hydrogen) atoms. The normalized spacial score (nSPS) is 11.0. The van der Waals surface area contributed by atoms with E-state index in [0.29, 0.717) is 21.3 Å². The minimum Gasteiger partial charge on any atom is -0.619 e. The smallest absolute Gasteiger partial charge is 0.270 e. The summed E-state index contributed by atoms with van der Waals surface area (Å²) >= 11 is 7.49. The number of hydrogen-bond donors (Lipinski definition) is 0. The number of pyridine rings is 1. The lowest BCUT2D eigenvalue weighted by Crippen LogP contribution is -2.33. The monoisotopic (exact) mass is 423 g/mol. The van der Waals surface area contributed by atoms with Gasteiger partial charge in [-0.15, -0.1) is 11.3 Å². The maximum absolute atomic E-state index is 13.4. The van der Waals surface area contributed by atoms with Crippen LogP contribution in [0.25, 0.3) is 10.8 Å². The van der Waals surface area contributed by atoms with Crippen molar-refractivity contribution in [2.45, 2.75) is 20.4 Å². The first-order valence-corrected chi connectivity index (χ1v) is 10.3. The fraction of sp³-hybridized carbons (Fsp3) is 0.136. The summed E-state index contributed by atoms with van der Waals surface area (Å²) in [5.41, 5.74) is 4.77. The van der Waals surface area contributed by atoms with Gasteiger partial charge in [0, 0.05) is 16.3 Å². The Morgan fingerprint density at radius 3 is 2.69 bits per heavy atom. The molecule has 7 heteroatoms. The third kappa shape index (κ3) is 3.81. The highest BCUT2D eigenvalue weighted by Crippen LogP contribution is 2.28. The van der Waals surface area contributed by atoms with Gasteiger partial charge in [0.15, 0.2) is 12.4 Å². The van der Waals surface area contributed by atoms with E-state index in [1.54, 1.807) is 34.8 Å². The van der Waals surface area contributed by atoms with E-state index in [1.165, 1.54) is 17.5 Å². The van der Waals surface area contributed by atoms with Crippen molar-refractivity contribution in [2.75, 3.05) is 4.90 Å². The van der Waals surface area contributed by atoms with E-state index in [1.807, 2.05) is 38.1 Å². The Hall–Kier alpha value is -2.96. The average Bonchev–Trinajstić information content (AvgIpc) is 3.12. The molecule has 1 amide bonds. The number of fused-ring (bicyclic) bond motifs is 1. The van der Waals surface area contributed by atoms with E-state index in [-0.39, 0.29) is 12.5 Å². The first-order valence-electron chi connectivity index (χ1n) is 9.02. The van der Waals surface area contributed by atoms with Gasteiger partial charge in [-0.3, -0.25) is 4.79 Å². The zero-order chi connectivity index (χ0) is 20.5. The van der Waals surface area contributed by atoms with Crippen molar-refractivity contribution in [1.29, 1.82) is 0 Å². The van der Waals surface area contributed by atoms with E-state index in [0.717, 1.165) is 26.6 Å². The number of anilines is 1. The molecular weight excluding hydrogens is 406 g/mol. The number of aryl methyl sites for hydroxylation is 2. The Kier molecular flexibility index (Phi) is 5.22. The summed E-state index contributed by atoms with van der Waals surface area (Å²) < 4.78 is 0.795. The Balaban J connectivity index is 1.85. The molecule has 0 saturated carbocycles. The average molecular weight is 424 g/mol. The molecule has 2 aromatic carbocycles. The standard InChI is InChI=1S/C22H18ClN3O2S/c1-14-5-3-8-19-16(10-25(28)12-20(14)19)11-26(18-7-4-6-17(23)9-18)22(27)21-15(2)24-13-29-21/h3-10,12-13H,11H2,1-2H3. The Morgan fingerprint density at radius 1 is 1.17 bits per heavy atom. The number of benzene rings is 2. The summed E-state index contributed by atoms with van der Waals surface area (Å²) in [4.78, 5) is 19.8. The van der Waals surface area contributed by atoms with Crippen LogP contribution in [0, 0.1) is 19.1 Å². The fourth-order valence-corrected chi connectivity index (χ4v) is 4.31. The highest BCUT2D eigenvalue weighted by molar-refractivity contribution is 7.12. The molecule has 2 aromatic heterocycles. The molecule has 146 valence electrons. The maximum atomic E-state index is 13.4. The van der Waals surface area contributed by atoms with Gasteiger partial charge in [0.25, 0.3) is 5.91 Å². The summed E-state index contributed by atoms with van der Waals surface area (Å²) in [6, 6.07) is 13.0. The van der Waals surface area contributed by atoms with Gasteiger partial charge in [0.1, 0.15) is 4.88 Å². The van der Waals surface area contributed by atoms with Crippen LogP contribution in [0.1, 0.15) is 26.5 Å². The van der Waals surface area contributed by atoms with Crippen molar-refractivity contribution in [3.8, 4) is 0 Å². The van der Waals surface area contributed by atoms with Crippen LogP contribution in [0.3, 0.4) is 0 Å². The SMILES string of the molecule is Cc1ncsc1C(=O)N(Cc1c[n+]([O-])cc2c(C)cccc12)c1cccc(Cl)c1. The van der Waals surface area contributed by atoms with Crippen LogP contribution in [0.5, 0.6) is 0 Å². The zero-order valence-corrected chi connectivity index (χ0v) is 17.5. The second-order valence-corrected chi connectivity index (χ2v) is 8.11. The lowest BCUT2D eigenvalue weighted by Gasteiger charge is -2.23. The van der Waals surface area contributed by atoms with E-state index in [2.05, 4.69) is 4.98 Å². The molecule has 0 spiro atoms. The van der Waals surface area contributed by atoms with Gasteiger partial charge in [0.2, 0.25) is 0 Å². The van der Waals surface area contributed by atoms with E-state index < -0.39 is 0 Å². The largest absolute Gasteiger partial charge is 0.619 e. The molecular formula is C22H18ClN3O2S. The van der Waals surface area contributed by atoms with Gasteiger partial charge in [-0.2, -0.15) is 4.73 Å². The summed E-state index contributed by atoms with van der Waals surface area (Å²) in [5.74, 6) is -0.172. The number of amides is 1.